The molecule has 1 fully saturated rings. The summed E-state index contributed by atoms with van der Waals surface area (Å²) in [5.74, 6) is -0.0364. The number of hydrogen-bond acceptors (Lipinski definition) is 5. The number of nitrogens with one attached hydrogen (secondary N) is 1. The molecule has 0 bridgehead atoms. The van der Waals surface area contributed by atoms with E-state index in [9.17, 15) is 17.2 Å². The van der Waals surface area contributed by atoms with Gasteiger partial charge in [0.2, 0.25) is 0 Å². The molecule has 0 saturated carbocycles. The Bertz CT molecular complexity index is 919. The maximum atomic E-state index is 12.8. The molecule has 6 nitrogen and oxygen atoms in total. The fraction of sp³-hybridized carbons (Fsp3) is 0.368. The number of aryl methyl sites for hydroxylation is 1. The van der Waals surface area contributed by atoms with Gasteiger partial charge in [-0.25, -0.2) is 8.42 Å². The van der Waals surface area contributed by atoms with Gasteiger partial charge in [0.1, 0.15) is 5.75 Å². The van der Waals surface area contributed by atoms with E-state index in [1.54, 1.807) is 18.2 Å². The van der Waals surface area contributed by atoms with Gasteiger partial charge in [-0.3, -0.25) is 4.72 Å². The molecule has 0 atom stereocenters. The van der Waals surface area contributed by atoms with Gasteiger partial charge in [0.15, 0.2) is 0 Å². The van der Waals surface area contributed by atoms with Crippen LogP contribution in [0.4, 0.5) is 20.2 Å². The van der Waals surface area contributed by atoms with Gasteiger partial charge in [-0.05, 0) is 55.9 Å². The monoisotopic (exact) mass is 447 g/mol. The Labute approximate surface area is 175 Å². The number of benzene rings is 2. The molecule has 29 heavy (non-hydrogen) atoms. The molecule has 0 amide bonds. The van der Waals surface area contributed by atoms with Crippen molar-refractivity contribution in [2.24, 2.45) is 0 Å². The zero-order valence-electron chi connectivity index (χ0n) is 16.1. The summed E-state index contributed by atoms with van der Waals surface area (Å²) in [6.45, 7) is 2.53. The number of piperazine rings is 1. The Balaban J connectivity index is 0.00000300. The Morgan fingerprint density at radius 2 is 1.66 bits per heavy atom. The summed E-state index contributed by atoms with van der Waals surface area (Å²) in [7, 11) is -1.75. The van der Waals surface area contributed by atoms with E-state index in [1.165, 1.54) is 24.3 Å². The number of sulfonamides is 1. The third-order valence-corrected chi connectivity index (χ3v) is 6.05. The number of halogens is 3. The normalized spacial score (nSPS) is 15.1. The second-order valence-electron chi connectivity index (χ2n) is 6.75. The Morgan fingerprint density at radius 3 is 2.24 bits per heavy atom. The van der Waals surface area contributed by atoms with E-state index in [0.29, 0.717) is 0 Å². The first kappa shape index (κ1) is 23.2. The number of hydrogen-bond donors (Lipinski definition) is 1. The second kappa shape index (κ2) is 9.60. The standard InChI is InChI=1S/C19H23F2N3O3S.ClH/c1-14-3-8-17(13-18(14)24-11-9-23(2)10-12-24)28(25,26)22-15-4-6-16(7-5-15)27-19(20)21;/h3-8,13,19,22H,9-12H2,1-2H3;1H. The number of nitrogens with zero attached hydrogens (tertiary/aromatic N) is 2. The minimum Gasteiger partial charge on any atom is -0.435 e. The summed E-state index contributed by atoms with van der Waals surface area (Å²) < 4.78 is 56.7. The first-order valence-electron chi connectivity index (χ1n) is 8.86. The quantitative estimate of drug-likeness (QED) is 0.733. The lowest BCUT2D eigenvalue weighted by Gasteiger charge is -2.35. The van der Waals surface area contributed by atoms with Crippen molar-refractivity contribution in [3.63, 3.8) is 0 Å². The van der Waals surface area contributed by atoms with Crippen molar-refractivity contribution < 1.29 is 21.9 Å². The van der Waals surface area contributed by atoms with Crippen LogP contribution in [0.1, 0.15) is 5.56 Å². The molecule has 0 aromatic heterocycles. The predicted molar refractivity (Wildman–Crippen MR) is 112 cm³/mol. The lowest BCUT2D eigenvalue weighted by Crippen LogP contribution is -2.44. The molecule has 2 aromatic rings. The molecule has 2 aromatic carbocycles. The van der Waals surface area contributed by atoms with Gasteiger partial charge in [-0.2, -0.15) is 8.78 Å². The minimum atomic E-state index is -3.81. The van der Waals surface area contributed by atoms with Crippen molar-refractivity contribution in [1.82, 2.24) is 4.90 Å². The van der Waals surface area contributed by atoms with Crippen LogP contribution in [-0.2, 0) is 10.0 Å². The van der Waals surface area contributed by atoms with Crippen LogP contribution in [0.15, 0.2) is 47.4 Å². The zero-order chi connectivity index (χ0) is 20.3. The number of alkyl halides is 2. The van der Waals surface area contributed by atoms with E-state index in [4.69, 9.17) is 0 Å². The van der Waals surface area contributed by atoms with Crippen molar-refractivity contribution >= 4 is 33.8 Å². The van der Waals surface area contributed by atoms with Crippen molar-refractivity contribution in [2.45, 2.75) is 18.4 Å². The van der Waals surface area contributed by atoms with Gasteiger partial charge >= 0.3 is 6.61 Å². The van der Waals surface area contributed by atoms with Crippen LogP contribution >= 0.6 is 12.4 Å². The fourth-order valence-corrected chi connectivity index (χ4v) is 4.14. The third kappa shape index (κ3) is 5.94. The third-order valence-electron chi connectivity index (χ3n) is 4.67. The molecular formula is C19H24ClF2N3O3S. The Kier molecular flexibility index (Phi) is 7.67. The minimum absolute atomic E-state index is 0. The smallest absolute Gasteiger partial charge is 0.387 e. The Hall–Kier alpha value is -2.10. The highest BCUT2D eigenvalue weighted by molar-refractivity contribution is 7.92. The van der Waals surface area contributed by atoms with Crippen molar-refractivity contribution in [1.29, 1.82) is 0 Å². The maximum Gasteiger partial charge on any atom is 0.387 e. The van der Waals surface area contributed by atoms with Gasteiger partial charge in [-0.1, -0.05) is 6.07 Å². The first-order valence-corrected chi connectivity index (χ1v) is 10.3. The molecule has 3 rings (SSSR count). The van der Waals surface area contributed by atoms with Gasteiger partial charge < -0.3 is 14.5 Å². The number of rotatable bonds is 6. The molecule has 10 heteroatoms. The van der Waals surface area contributed by atoms with E-state index in [0.717, 1.165) is 37.4 Å². The molecule has 1 aliphatic heterocycles. The van der Waals surface area contributed by atoms with Crippen LogP contribution in [0.25, 0.3) is 0 Å². The molecule has 0 unspecified atom stereocenters. The molecular weight excluding hydrogens is 424 g/mol. The number of anilines is 2. The van der Waals surface area contributed by atoms with Crippen LogP contribution in [-0.4, -0.2) is 53.2 Å². The highest BCUT2D eigenvalue weighted by Gasteiger charge is 2.20. The lowest BCUT2D eigenvalue weighted by atomic mass is 10.1. The largest absolute Gasteiger partial charge is 0.435 e. The Morgan fingerprint density at radius 1 is 1.03 bits per heavy atom. The van der Waals surface area contributed by atoms with E-state index in [2.05, 4.69) is 26.3 Å². The average Bonchev–Trinajstić information content (AvgIpc) is 2.64. The van der Waals surface area contributed by atoms with Crippen LogP contribution in [0, 0.1) is 6.92 Å². The predicted octanol–water partition coefficient (Wildman–Crippen LogP) is 3.57. The average molecular weight is 448 g/mol. The van der Waals surface area contributed by atoms with E-state index >= 15 is 0 Å². The second-order valence-corrected chi connectivity index (χ2v) is 8.43. The van der Waals surface area contributed by atoms with E-state index in [-0.39, 0.29) is 28.7 Å². The van der Waals surface area contributed by atoms with Gasteiger partial charge in [-0.15, -0.1) is 12.4 Å². The molecule has 1 heterocycles. The highest BCUT2D eigenvalue weighted by atomic mass is 35.5. The first-order chi connectivity index (χ1) is 13.2. The topological polar surface area (TPSA) is 61.9 Å². The van der Waals surface area contributed by atoms with Crippen molar-refractivity contribution in [3.05, 3.63) is 48.0 Å². The lowest BCUT2D eigenvalue weighted by molar-refractivity contribution is -0.0498. The highest BCUT2D eigenvalue weighted by Crippen LogP contribution is 2.27. The SMILES string of the molecule is Cc1ccc(S(=O)(=O)Nc2ccc(OC(F)F)cc2)cc1N1CCN(C)CC1.Cl. The molecule has 0 aliphatic carbocycles. The molecule has 0 radical (unpaired) electrons. The molecule has 0 spiro atoms. The summed E-state index contributed by atoms with van der Waals surface area (Å²) in [5, 5.41) is 0. The van der Waals surface area contributed by atoms with E-state index in [1.807, 2.05) is 6.92 Å². The summed E-state index contributed by atoms with van der Waals surface area (Å²) in [4.78, 5) is 4.57. The summed E-state index contributed by atoms with van der Waals surface area (Å²) in [5.41, 5.74) is 2.18. The van der Waals surface area contributed by atoms with Crippen molar-refractivity contribution in [2.75, 3.05) is 42.8 Å². The van der Waals surface area contributed by atoms with Gasteiger partial charge in [0.05, 0.1) is 4.90 Å². The number of likely N-dealkylation sites (N-methyl/N-ethyl adjacent to an activating group) is 1. The van der Waals surface area contributed by atoms with Gasteiger partial charge in [0, 0.05) is 37.6 Å². The summed E-state index contributed by atoms with van der Waals surface area (Å²) >= 11 is 0. The van der Waals surface area contributed by atoms with Crippen LogP contribution < -0.4 is 14.4 Å². The summed E-state index contributed by atoms with van der Waals surface area (Å²) in [6, 6.07) is 10.4. The van der Waals surface area contributed by atoms with Crippen LogP contribution in [0.3, 0.4) is 0 Å². The van der Waals surface area contributed by atoms with Crippen LogP contribution in [0.2, 0.25) is 0 Å². The zero-order valence-corrected chi connectivity index (χ0v) is 17.8. The summed E-state index contributed by atoms with van der Waals surface area (Å²) in [6.07, 6.45) is 0. The molecule has 1 saturated heterocycles. The molecule has 160 valence electrons. The molecule has 1 N–H and O–H groups in total. The fourth-order valence-electron chi connectivity index (χ4n) is 3.06. The van der Waals surface area contributed by atoms with Crippen LogP contribution in [0.5, 0.6) is 5.75 Å². The number of ether oxygens (including phenoxy) is 1. The maximum absolute atomic E-state index is 12.8. The van der Waals surface area contributed by atoms with E-state index < -0.39 is 16.6 Å². The van der Waals surface area contributed by atoms with Gasteiger partial charge in [0.25, 0.3) is 10.0 Å². The van der Waals surface area contributed by atoms with Crippen molar-refractivity contribution in [3.8, 4) is 5.75 Å². The molecule has 1 aliphatic rings.